The van der Waals surface area contributed by atoms with Crippen LogP contribution in [0.15, 0.2) is 51.7 Å². The summed E-state index contributed by atoms with van der Waals surface area (Å²) in [6.45, 7) is 6.22. The Kier molecular flexibility index (Phi) is 4.88. The summed E-state index contributed by atoms with van der Waals surface area (Å²) in [4.78, 5) is 45.0. The van der Waals surface area contributed by atoms with Crippen molar-refractivity contribution < 1.29 is 18.4 Å². The second-order valence-electron chi connectivity index (χ2n) is 9.27. The summed E-state index contributed by atoms with van der Waals surface area (Å²) in [5.41, 5.74) is -1.48. The Morgan fingerprint density at radius 1 is 1.11 bits per heavy atom. The standard InChI is InChI=1S/C26H21FN4O4S/c1-4-30-17-8-6-5-7-16(17)26(24(30)34)20-21(32)15-12-14(27)9-10-18(15)35-22(20)23(33)31(26)25-29-28-19(36-25)11-13(2)3/h5-10,12-13H,4,11H2,1-3H3. The largest absolute Gasteiger partial charge is 0.450 e. The van der Waals surface area contributed by atoms with Crippen molar-refractivity contribution in [2.24, 2.45) is 5.92 Å². The van der Waals surface area contributed by atoms with Crippen LogP contribution in [-0.2, 0) is 16.8 Å². The SMILES string of the molecule is CCN1C(=O)C2(c3ccccc31)c1c(oc3ccc(F)cc3c1=O)C(=O)N2c1nnc(CC(C)C)s1. The van der Waals surface area contributed by atoms with Crippen molar-refractivity contribution in [1.82, 2.24) is 10.2 Å². The Morgan fingerprint density at radius 2 is 1.89 bits per heavy atom. The van der Waals surface area contributed by atoms with Crippen LogP contribution in [0.5, 0.6) is 0 Å². The third-order valence-corrected chi connectivity index (χ3v) is 7.56. The van der Waals surface area contributed by atoms with Crippen LogP contribution >= 0.6 is 11.3 Å². The van der Waals surface area contributed by atoms with Gasteiger partial charge in [0, 0.05) is 18.5 Å². The monoisotopic (exact) mass is 504 g/mol. The van der Waals surface area contributed by atoms with Gasteiger partial charge in [0.2, 0.25) is 10.9 Å². The lowest BCUT2D eigenvalue weighted by Crippen LogP contribution is -2.53. The summed E-state index contributed by atoms with van der Waals surface area (Å²) in [6, 6.07) is 10.6. The molecule has 182 valence electrons. The van der Waals surface area contributed by atoms with Gasteiger partial charge in [-0.1, -0.05) is 43.4 Å². The van der Waals surface area contributed by atoms with Gasteiger partial charge in [0.05, 0.1) is 16.6 Å². The van der Waals surface area contributed by atoms with Crippen molar-refractivity contribution in [1.29, 1.82) is 0 Å². The highest BCUT2D eigenvalue weighted by atomic mass is 32.1. The summed E-state index contributed by atoms with van der Waals surface area (Å²) in [7, 11) is 0. The first kappa shape index (κ1) is 22.5. The zero-order chi connectivity index (χ0) is 25.4. The molecule has 4 heterocycles. The predicted molar refractivity (Wildman–Crippen MR) is 133 cm³/mol. The molecule has 4 aromatic rings. The second kappa shape index (κ2) is 7.79. The topological polar surface area (TPSA) is 96.6 Å². The molecule has 10 heteroatoms. The third kappa shape index (κ3) is 2.81. The van der Waals surface area contributed by atoms with E-state index in [0.717, 1.165) is 12.1 Å². The number of anilines is 2. The minimum Gasteiger partial charge on any atom is -0.450 e. The molecular weight excluding hydrogens is 483 g/mol. The van der Waals surface area contributed by atoms with Gasteiger partial charge in [0.25, 0.3) is 11.8 Å². The lowest BCUT2D eigenvalue weighted by molar-refractivity contribution is -0.121. The number of halogens is 1. The highest BCUT2D eigenvalue weighted by Gasteiger charge is 2.66. The number of likely N-dealkylation sites (N-methyl/N-ethyl adjacent to an activating group) is 1. The molecule has 0 fully saturated rings. The molecule has 2 amide bonds. The van der Waals surface area contributed by atoms with Crippen LogP contribution in [-0.4, -0.2) is 28.6 Å². The Balaban J connectivity index is 1.72. The van der Waals surface area contributed by atoms with Crippen LogP contribution in [0, 0.1) is 11.7 Å². The Bertz CT molecular complexity index is 1640. The predicted octanol–water partition coefficient (Wildman–Crippen LogP) is 4.25. The Morgan fingerprint density at radius 3 is 2.64 bits per heavy atom. The molecule has 0 radical (unpaired) electrons. The molecule has 36 heavy (non-hydrogen) atoms. The van der Waals surface area contributed by atoms with E-state index in [1.165, 1.54) is 27.2 Å². The van der Waals surface area contributed by atoms with Gasteiger partial charge in [0.15, 0.2) is 11.0 Å². The van der Waals surface area contributed by atoms with Crippen molar-refractivity contribution in [2.75, 3.05) is 16.3 Å². The first-order chi connectivity index (χ1) is 17.3. The zero-order valence-corrected chi connectivity index (χ0v) is 20.6. The van der Waals surface area contributed by atoms with Gasteiger partial charge < -0.3 is 9.32 Å². The number of rotatable bonds is 4. The second-order valence-corrected chi connectivity index (χ2v) is 10.3. The van der Waals surface area contributed by atoms with Gasteiger partial charge in [0.1, 0.15) is 16.4 Å². The number of carbonyl (C=O) groups is 2. The lowest BCUT2D eigenvalue weighted by Gasteiger charge is -2.31. The molecule has 6 rings (SSSR count). The lowest BCUT2D eigenvalue weighted by atomic mass is 9.84. The number of hydrogen-bond acceptors (Lipinski definition) is 7. The molecule has 1 atom stereocenters. The maximum absolute atomic E-state index is 14.3. The van der Waals surface area contributed by atoms with E-state index in [1.54, 1.807) is 24.3 Å². The third-order valence-electron chi connectivity index (χ3n) is 6.63. The van der Waals surface area contributed by atoms with Crippen LogP contribution in [0.2, 0.25) is 0 Å². The van der Waals surface area contributed by atoms with E-state index in [9.17, 15) is 18.8 Å². The van der Waals surface area contributed by atoms with E-state index in [2.05, 4.69) is 10.2 Å². The fourth-order valence-corrected chi connectivity index (χ4v) is 6.32. The van der Waals surface area contributed by atoms with E-state index in [4.69, 9.17) is 4.42 Å². The molecule has 8 nitrogen and oxygen atoms in total. The number of para-hydroxylation sites is 1. The molecule has 1 unspecified atom stereocenters. The molecular formula is C26H21FN4O4S. The number of aromatic nitrogens is 2. The van der Waals surface area contributed by atoms with Crippen LogP contribution in [0.4, 0.5) is 15.2 Å². The minimum atomic E-state index is -1.84. The average molecular weight is 505 g/mol. The molecule has 0 saturated heterocycles. The number of amides is 2. The van der Waals surface area contributed by atoms with Gasteiger partial charge >= 0.3 is 0 Å². The molecule has 1 spiro atoms. The molecule has 0 saturated carbocycles. The van der Waals surface area contributed by atoms with Gasteiger partial charge in [-0.3, -0.25) is 19.3 Å². The molecule has 2 aliphatic rings. The number of carbonyl (C=O) groups excluding carboxylic acids is 2. The summed E-state index contributed by atoms with van der Waals surface area (Å²) in [5.74, 6) is -1.70. The maximum Gasteiger partial charge on any atom is 0.297 e. The van der Waals surface area contributed by atoms with Crippen LogP contribution in [0.25, 0.3) is 11.0 Å². The van der Waals surface area contributed by atoms with E-state index >= 15 is 0 Å². The molecule has 0 aliphatic carbocycles. The first-order valence-corrected chi connectivity index (χ1v) is 12.5. The Labute approximate surface area is 209 Å². The Hall–Kier alpha value is -3.92. The van der Waals surface area contributed by atoms with Gasteiger partial charge in [-0.05, 0) is 37.1 Å². The van der Waals surface area contributed by atoms with Gasteiger partial charge in [-0.15, -0.1) is 10.2 Å². The number of benzene rings is 2. The molecule has 2 aromatic heterocycles. The fraction of sp³-hybridized carbons (Fsp3) is 0.269. The molecule has 0 bridgehead atoms. The van der Waals surface area contributed by atoms with Crippen molar-refractivity contribution in [3.8, 4) is 0 Å². The van der Waals surface area contributed by atoms with Crippen LogP contribution < -0.4 is 15.2 Å². The van der Waals surface area contributed by atoms with E-state index in [-0.39, 0.29) is 27.4 Å². The van der Waals surface area contributed by atoms with Gasteiger partial charge in [-0.25, -0.2) is 4.39 Å². The van der Waals surface area contributed by atoms with Crippen molar-refractivity contribution in [2.45, 2.75) is 32.7 Å². The van der Waals surface area contributed by atoms with E-state index < -0.39 is 28.6 Å². The first-order valence-electron chi connectivity index (χ1n) is 11.6. The van der Waals surface area contributed by atoms with E-state index in [1.807, 2.05) is 20.8 Å². The van der Waals surface area contributed by atoms with Gasteiger partial charge in [-0.2, -0.15) is 0 Å². The fourth-order valence-electron chi connectivity index (χ4n) is 5.22. The summed E-state index contributed by atoms with van der Waals surface area (Å²) in [5, 5.41) is 9.38. The van der Waals surface area contributed by atoms with Crippen LogP contribution in [0.1, 0.15) is 47.5 Å². The normalized spacial score (nSPS) is 18.7. The summed E-state index contributed by atoms with van der Waals surface area (Å²) < 4.78 is 20.1. The quantitative estimate of drug-likeness (QED) is 0.412. The smallest absolute Gasteiger partial charge is 0.297 e. The zero-order valence-electron chi connectivity index (χ0n) is 19.7. The molecule has 2 aromatic carbocycles. The number of nitrogens with zero attached hydrogens (tertiary/aromatic N) is 4. The van der Waals surface area contributed by atoms with Crippen LogP contribution in [0.3, 0.4) is 0 Å². The average Bonchev–Trinajstić information content (AvgIpc) is 3.47. The van der Waals surface area contributed by atoms with Crippen molar-refractivity contribution in [3.05, 3.63) is 80.4 Å². The van der Waals surface area contributed by atoms with Crippen molar-refractivity contribution in [3.63, 3.8) is 0 Å². The summed E-state index contributed by atoms with van der Waals surface area (Å²) in [6.07, 6.45) is 0.644. The molecule has 0 N–H and O–H groups in total. The maximum atomic E-state index is 14.3. The number of fused-ring (bicyclic) bond motifs is 5. The van der Waals surface area contributed by atoms with E-state index in [0.29, 0.717) is 35.1 Å². The highest BCUT2D eigenvalue weighted by molar-refractivity contribution is 7.15. The number of hydrogen-bond donors (Lipinski definition) is 0. The summed E-state index contributed by atoms with van der Waals surface area (Å²) >= 11 is 1.20. The van der Waals surface area contributed by atoms with Crippen molar-refractivity contribution >= 4 is 44.9 Å². The molecule has 2 aliphatic heterocycles. The minimum absolute atomic E-state index is 0.0410. The highest BCUT2D eigenvalue weighted by Crippen LogP contribution is 2.54.